The fraction of sp³-hybridized carbons (Fsp3) is 0.550. The molecule has 2 aliphatic rings. The van der Waals surface area contributed by atoms with Crippen LogP contribution in [0.2, 0.25) is 0 Å². The maximum absolute atomic E-state index is 14.0. The number of fused-ring (bicyclic) bond motifs is 1. The molecule has 5 heterocycles. The smallest absolute Gasteiger partial charge is 0.330 e. The fourth-order valence-corrected chi connectivity index (χ4v) is 3.96. The minimum absolute atomic E-state index is 0.111. The van der Waals surface area contributed by atoms with E-state index in [-0.39, 0.29) is 22.6 Å². The summed E-state index contributed by atoms with van der Waals surface area (Å²) in [6, 6.07) is 0. The number of imidazole rings is 1. The molecule has 8 atom stereocenters. The van der Waals surface area contributed by atoms with Crippen molar-refractivity contribution in [3.63, 3.8) is 0 Å². The number of aryl methyl sites for hydroxylation is 1. The van der Waals surface area contributed by atoms with E-state index in [9.17, 15) is 33.7 Å². The summed E-state index contributed by atoms with van der Waals surface area (Å²) in [4.78, 5) is 36.1. The van der Waals surface area contributed by atoms with Crippen LogP contribution >= 0.6 is 0 Å². The van der Waals surface area contributed by atoms with Crippen molar-refractivity contribution in [2.45, 2.75) is 56.1 Å². The molecule has 17 heteroatoms. The number of aromatic hydroxyl groups is 1. The normalized spacial score (nSPS) is 31.4. The molecule has 2 fully saturated rings. The lowest BCUT2D eigenvalue weighted by Gasteiger charge is -2.15. The van der Waals surface area contributed by atoms with Gasteiger partial charge in [-0.2, -0.15) is 4.98 Å². The van der Waals surface area contributed by atoms with Crippen LogP contribution in [0.15, 0.2) is 28.4 Å². The number of hydrogen-bond acceptors (Lipinski definition) is 12. The Morgan fingerprint density at radius 3 is 2.08 bits per heavy atom. The Morgan fingerprint density at radius 2 is 1.54 bits per heavy atom. The van der Waals surface area contributed by atoms with Crippen molar-refractivity contribution in [2.75, 3.05) is 13.2 Å². The summed E-state index contributed by atoms with van der Waals surface area (Å²) < 4.78 is 40.2. The predicted octanol–water partition coefficient (Wildman–Crippen LogP) is -2.45. The number of alkyl halides is 2. The third-order valence-corrected chi connectivity index (χ3v) is 5.98. The van der Waals surface area contributed by atoms with Gasteiger partial charge in [-0.3, -0.25) is 18.9 Å². The lowest BCUT2D eigenvalue weighted by molar-refractivity contribution is -0.0492. The molecule has 3 aromatic heterocycles. The lowest BCUT2D eigenvalue weighted by atomic mass is 10.1. The summed E-state index contributed by atoms with van der Waals surface area (Å²) in [6.07, 6.45) is -7.64. The zero-order chi connectivity index (χ0) is 27.0. The highest BCUT2D eigenvalue weighted by atomic mass is 19.1. The molecule has 2 unspecified atom stereocenters. The molecule has 0 bridgehead atoms. The second kappa shape index (κ2) is 10.6. The van der Waals surface area contributed by atoms with E-state index < -0.39 is 73.7 Å². The van der Waals surface area contributed by atoms with Gasteiger partial charge in [0.1, 0.15) is 30.7 Å². The number of H-pyrrole nitrogens is 1. The van der Waals surface area contributed by atoms with Gasteiger partial charge in [0.25, 0.3) is 5.56 Å². The molecule has 0 aliphatic carbocycles. The van der Waals surface area contributed by atoms with Gasteiger partial charge in [-0.25, -0.2) is 23.5 Å². The minimum Gasteiger partial charge on any atom is -0.492 e. The third kappa shape index (κ3) is 4.83. The Balaban J connectivity index is 0.000000173. The fourth-order valence-electron chi connectivity index (χ4n) is 3.96. The number of ether oxygens (including phenoxy) is 2. The van der Waals surface area contributed by atoms with Crippen LogP contribution in [0.4, 0.5) is 8.78 Å². The van der Waals surface area contributed by atoms with Crippen LogP contribution in [0.3, 0.4) is 0 Å². The average molecular weight is 530 g/mol. The van der Waals surface area contributed by atoms with E-state index in [4.69, 9.17) is 19.7 Å². The van der Waals surface area contributed by atoms with Crippen LogP contribution in [0.25, 0.3) is 11.2 Å². The van der Waals surface area contributed by atoms with Crippen molar-refractivity contribution in [3.8, 4) is 5.88 Å². The third-order valence-electron chi connectivity index (χ3n) is 5.98. The number of nitrogens with one attached hydrogen (secondary N) is 1. The first-order valence-electron chi connectivity index (χ1n) is 10.9. The van der Waals surface area contributed by atoms with Gasteiger partial charge >= 0.3 is 5.69 Å². The standard InChI is InChI=1S/C10H11FN4O4.C10H13FN2O5/c11-5-7(17)4(1-16)19-10(5)15-3-14-6-8(15)12-2-13-9(6)18;1-4-2-13(10(17)12-8(4)16)9-6(11)7(15)5(3-14)18-9/h2-5,7,10,16-17H,1H2,(H,12,13,18);2,5-7,9,14-15H,3H2,1H3,(H,12,16,17)/t4-,5?,7-,10-;5-,6?,7-,9-/m11/s1. The van der Waals surface area contributed by atoms with Crippen LogP contribution in [0, 0.1) is 6.92 Å². The summed E-state index contributed by atoms with van der Waals surface area (Å²) in [5.74, 6) is -0.323. The topological polar surface area (TPSA) is 218 Å². The van der Waals surface area contributed by atoms with Crippen molar-refractivity contribution in [3.05, 3.63) is 45.3 Å². The molecule has 2 aliphatic heterocycles. The van der Waals surface area contributed by atoms with E-state index in [0.29, 0.717) is 0 Å². The van der Waals surface area contributed by atoms with Crippen molar-refractivity contribution in [1.29, 1.82) is 0 Å². The largest absolute Gasteiger partial charge is 0.492 e. The van der Waals surface area contributed by atoms with Crippen LogP contribution < -0.4 is 11.2 Å². The summed E-state index contributed by atoms with van der Waals surface area (Å²) >= 11 is 0. The molecule has 6 N–H and O–H groups in total. The molecular formula is C20H24F2N6O9. The molecule has 0 saturated carbocycles. The maximum atomic E-state index is 14.0. The van der Waals surface area contributed by atoms with Gasteiger partial charge in [-0.05, 0) is 6.92 Å². The average Bonchev–Trinajstić information content (AvgIpc) is 3.52. The molecule has 0 aromatic carbocycles. The van der Waals surface area contributed by atoms with Crippen LogP contribution in [0.5, 0.6) is 5.88 Å². The molecule has 5 rings (SSSR count). The van der Waals surface area contributed by atoms with E-state index >= 15 is 0 Å². The minimum atomic E-state index is -1.86. The van der Waals surface area contributed by atoms with E-state index in [0.717, 1.165) is 17.1 Å². The Kier molecular flexibility index (Phi) is 7.62. The molecule has 0 radical (unpaired) electrons. The van der Waals surface area contributed by atoms with E-state index in [1.54, 1.807) is 0 Å². The van der Waals surface area contributed by atoms with Gasteiger partial charge < -0.3 is 35.0 Å². The summed E-state index contributed by atoms with van der Waals surface area (Å²) in [6.45, 7) is 0.400. The van der Waals surface area contributed by atoms with Crippen molar-refractivity contribution < 1.29 is 43.8 Å². The molecule has 202 valence electrons. The summed E-state index contributed by atoms with van der Waals surface area (Å²) in [7, 11) is 0. The monoisotopic (exact) mass is 530 g/mol. The van der Waals surface area contributed by atoms with Gasteiger partial charge in [0.2, 0.25) is 5.88 Å². The number of hydrogen-bond donors (Lipinski definition) is 6. The highest BCUT2D eigenvalue weighted by molar-refractivity contribution is 5.75. The quantitative estimate of drug-likeness (QED) is 0.207. The number of rotatable bonds is 4. The molecule has 0 amide bonds. The number of halogens is 2. The van der Waals surface area contributed by atoms with Crippen molar-refractivity contribution in [2.24, 2.45) is 0 Å². The van der Waals surface area contributed by atoms with Gasteiger partial charge in [0.15, 0.2) is 36.0 Å². The maximum Gasteiger partial charge on any atom is 0.330 e. The molecule has 0 spiro atoms. The lowest BCUT2D eigenvalue weighted by Crippen LogP contribution is -2.36. The van der Waals surface area contributed by atoms with Crippen molar-refractivity contribution in [1.82, 2.24) is 29.1 Å². The second-order valence-corrected chi connectivity index (χ2v) is 8.37. The van der Waals surface area contributed by atoms with Gasteiger partial charge in [0.05, 0.1) is 19.5 Å². The highest BCUT2D eigenvalue weighted by Crippen LogP contribution is 2.34. The summed E-state index contributed by atoms with van der Waals surface area (Å²) in [5.41, 5.74) is -0.883. The second-order valence-electron chi connectivity index (χ2n) is 8.37. The molecular weight excluding hydrogens is 506 g/mol. The van der Waals surface area contributed by atoms with Gasteiger partial charge in [-0.15, -0.1) is 0 Å². The number of aromatic amines is 1. The molecule has 37 heavy (non-hydrogen) atoms. The van der Waals surface area contributed by atoms with Crippen LogP contribution in [-0.4, -0.2) is 105 Å². The van der Waals surface area contributed by atoms with Gasteiger partial charge in [-0.1, -0.05) is 0 Å². The Morgan fingerprint density at radius 1 is 0.973 bits per heavy atom. The number of aromatic nitrogens is 6. The zero-order valence-corrected chi connectivity index (χ0v) is 19.1. The predicted molar refractivity (Wildman–Crippen MR) is 117 cm³/mol. The Bertz CT molecular complexity index is 1370. The van der Waals surface area contributed by atoms with Crippen LogP contribution in [-0.2, 0) is 9.47 Å². The van der Waals surface area contributed by atoms with E-state index in [1.807, 2.05) is 4.98 Å². The molecule has 15 nitrogen and oxygen atoms in total. The molecule has 3 aromatic rings. The first-order chi connectivity index (χ1) is 17.6. The highest BCUT2D eigenvalue weighted by Gasteiger charge is 2.46. The first-order valence-corrected chi connectivity index (χ1v) is 10.9. The Labute approximate surface area is 205 Å². The first kappa shape index (κ1) is 26.7. The van der Waals surface area contributed by atoms with E-state index in [2.05, 4.69) is 15.0 Å². The zero-order valence-electron chi connectivity index (χ0n) is 19.1. The van der Waals surface area contributed by atoms with E-state index in [1.165, 1.54) is 17.8 Å². The number of aliphatic hydroxyl groups excluding tert-OH is 4. The molecule has 2 saturated heterocycles. The van der Waals surface area contributed by atoms with Gasteiger partial charge in [0, 0.05) is 11.8 Å². The number of aliphatic hydroxyl groups is 4. The van der Waals surface area contributed by atoms with Crippen LogP contribution in [0.1, 0.15) is 18.0 Å². The summed E-state index contributed by atoms with van der Waals surface area (Å²) in [5, 5.41) is 46.4. The van der Waals surface area contributed by atoms with Crippen molar-refractivity contribution >= 4 is 11.2 Å². The Hall–Kier alpha value is -3.35. The number of nitrogens with zero attached hydrogens (tertiary/aromatic N) is 5. The SMILES string of the molecule is Cc1cn([C@@H]2O[C@H](CO)[C@@H](O)C2F)c(=O)[nH]c1=O.OC[C@H]1O[C@@H](n2cnc3c(O)ncnc32)C(F)[C@@H]1O.